The number of thioether (sulfide) groups is 1. The molecule has 1 aliphatic heterocycles. The van der Waals surface area contributed by atoms with E-state index < -0.39 is 5.25 Å². The second-order valence-electron chi connectivity index (χ2n) is 7.13. The highest BCUT2D eigenvalue weighted by Gasteiger charge is 2.30. The molecule has 4 rings (SSSR count). The average molecular weight is 439 g/mol. The van der Waals surface area contributed by atoms with Gasteiger partial charge in [0.1, 0.15) is 11.0 Å². The van der Waals surface area contributed by atoms with Crippen LogP contribution in [-0.4, -0.2) is 59.0 Å². The van der Waals surface area contributed by atoms with Crippen LogP contribution in [0.2, 0.25) is 0 Å². The van der Waals surface area contributed by atoms with Gasteiger partial charge in [-0.2, -0.15) is 0 Å². The van der Waals surface area contributed by atoms with E-state index in [-0.39, 0.29) is 5.91 Å². The summed E-state index contributed by atoms with van der Waals surface area (Å²) in [6.45, 7) is 5.13. The van der Waals surface area contributed by atoms with Crippen LogP contribution in [0.3, 0.4) is 0 Å². The fourth-order valence-electron chi connectivity index (χ4n) is 3.56. The van der Waals surface area contributed by atoms with E-state index in [1.807, 2.05) is 59.5 Å². The van der Waals surface area contributed by atoms with Crippen molar-refractivity contribution in [3.8, 4) is 17.1 Å². The molecule has 3 aromatic rings. The number of benzene rings is 2. The highest BCUT2D eigenvalue weighted by molar-refractivity contribution is 8.00. The highest BCUT2D eigenvalue weighted by atomic mass is 32.2. The number of hydrogen-bond donors (Lipinski definition) is 0. The van der Waals surface area contributed by atoms with Crippen LogP contribution in [0.25, 0.3) is 11.4 Å². The van der Waals surface area contributed by atoms with E-state index in [1.54, 1.807) is 7.11 Å². The third kappa shape index (κ3) is 4.75. The van der Waals surface area contributed by atoms with Gasteiger partial charge in [-0.15, -0.1) is 10.2 Å². The van der Waals surface area contributed by atoms with Crippen molar-refractivity contribution in [1.82, 2.24) is 19.7 Å². The van der Waals surface area contributed by atoms with Crippen LogP contribution >= 0.6 is 11.8 Å². The van der Waals surface area contributed by atoms with Crippen LogP contribution in [0.5, 0.6) is 5.75 Å². The first-order chi connectivity index (χ1) is 15.2. The van der Waals surface area contributed by atoms with Gasteiger partial charge in [0.05, 0.1) is 20.3 Å². The maximum absolute atomic E-state index is 13.4. The lowest BCUT2D eigenvalue weighted by molar-refractivity contribution is -0.134. The van der Waals surface area contributed by atoms with Crippen LogP contribution in [0.15, 0.2) is 59.8 Å². The standard InChI is InChI=1S/C23H26N4O3S/c1-3-27-21(18-9-11-19(29-2)12-10-18)24-25-23(27)31-20(17-7-5-4-6-8-17)22(28)26-13-15-30-16-14-26/h4-12,20H,3,13-16H2,1-2H3/t20-/m1/s1. The first-order valence-corrected chi connectivity index (χ1v) is 11.2. The van der Waals surface area contributed by atoms with Crippen LogP contribution in [0, 0.1) is 0 Å². The number of carbonyl (C=O) groups excluding carboxylic acids is 1. The summed E-state index contributed by atoms with van der Waals surface area (Å²) in [5.41, 5.74) is 1.92. The lowest BCUT2D eigenvalue weighted by Crippen LogP contribution is -2.42. The summed E-state index contributed by atoms with van der Waals surface area (Å²) in [5.74, 6) is 1.65. The van der Waals surface area contributed by atoms with E-state index in [0.29, 0.717) is 32.8 Å². The summed E-state index contributed by atoms with van der Waals surface area (Å²) in [5, 5.41) is 9.22. The first-order valence-electron chi connectivity index (χ1n) is 10.4. The Morgan fingerprint density at radius 3 is 2.45 bits per heavy atom. The minimum absolute atomic E-state index is 0.0798. The lowest BCUT2D eigenvalue weighted by Gasteiger charge is -2.30. The largest absolute Gasteiger partial charge is 0.497 e. The summed E-state index contributed by atoms with van der Waals surface area (Å²) in [6.07, 6.45) is 0. The second-order valence-corrected chi connectivity index (χ2v) is 8.20. The van der Waals surface area contributed by atoms with Crippen molar-refractivity contribution in [3.63, 3.8) is 0 Å². The van der Waals surface area contributed by atoms with Gasteiger partial charge in [-0.05, 0) is 36.8 Å². The predicted octanol–water partition coefficient (Wildman–Crippen LogP) is 3.67. The Morgan fingerprint density at radius 2 is 1.81 bits per heavy atom. The molecule has 0 unspecified atom stereocenters. The zero-order valence-electron chi connectivity index (χ0n) is 17.7. The molecule has 0 aliphatic carbocycles. The molecule has 7 nitrogen and oxygen atoms in total. The molecule has 0 bridgehead atoms. The van der Waals surface area contributed by atoms with Crippen molar-refractivity contribution >= 4 is 17.7 Å². The van der Waals surface area contributed by atoms with E-state index in [1.165, 1.54) is 11.8 Å². The van der Waals surface area contributed by atoms with E-state index >= 15 is 0 Å². The minimum Gasteiger partial charge on any atom is -0.497 e. The fraction of sp³-hybridized carbons (Fsp3) is 0.348. The second kappa shape index (κ2) is 9.98. The molecule has 0 N–H and O–H groups in total. The predicted molar refractivity (Wildman–Crippen MR) is 120 cm³/mol. The lowest BCUT2D eigenvalue weighted by atomic mass is 10.1. The molecule has 8 heteroatoms. The molecule has 31 heavy (non-hydrogen) atoms. The van der Waals surface area contributed by atoms with Crippen LogP contribution in [0.1, 0.15) is 17.7 Å². The number of rotatable bonds is 7. The number of aromatic nitrogens is 3. The topological polar surface area (TPSA) is 69.5 Å². The molecule has 2 heterocycles. The summed E-state index contributed by atoms with van der Waals surface area (Å²) >= 11 is 1.45. The quantitative estimate of drug-likeness (QED) is 0.525. The molecule has 1 aliphatic rings. The van der Waals surface area contributed by atoms with Gasteiger partial charge >= 0.3 is 0 Å². The Morgan fingerprint density at radius 1 is 1.10 bits per heavy atom. The molecule has 1 fully saturated rings. The number of ether oxygens (including phenoxy) is 2. The van der Waals surface area contributed by atoms with E-state index in [2.05, 4.69) is 21.7 Å². The molecular weight excluding hydrogens is 412 g/mol. The van der Waals surface area contributed by atoms with Crippen molar-refractivity contribution in [2.45, 2.75) is 23.9 Å². The molecule has 1 aromatic heterocycles. The Hall–Kier alpha value is -2.84. The number of morpholine rings is 1. The van der Waals surface area contributed by atoms with Gasteiger partial charge in [0.15, 0.2) is 11.0 Å². The summed E-state index contributed by atoms with van der Waals surface area (Å²) < 4.78 is 12.7. The van der Waals surface area contributed by atoms with Gasteiger partial charge in [0, 0.05) is 25.2 Å². The summed E-state index contributed by atoms with van der Waals surface area (Å²) in [7, 11) is 1.65. The normalized spacial score (nSPS) is 15.0. The van der Waals surface area contributed by atoms with E-state index in [9.17, 15) is 4.79 Å². The maximum atomic E-state index is 13.4. The van der Waals surface area contributed by atoms with E-state index in [0.717, 1.165) is 27.9 Å². The van der Waals surface area contributed by atoms with Crippen molar-refractivity contribution < 1.29 is 14.3 Å². The van der Waals surface area contributed by atoms with Gasteiger partial charge < -0.3 is 18.9 Å². The van der Waals surface area contributed by atoms with E-state index in [4.69, 9.17) is 9.47 Å². The molecule has 1 atom stereocenters. The molecule has 0 saturated carbocycles. The van der Waals surface area contributed by atoms with Gasteiger partial charge in [-0.1, -0.05) is 42.1 Å². The third-order valence-electron chi connectivity index (χ3n) is 5.25. The Kier molecular flexibility index (Phi) is 6.89. The smallest absolute Gasteiger partial charge is 0.240 e. The number of methoxy groups -OCH3 is 1. The van der Waals surface area contributed by atoms with Crippen LogP contribution in [0.4, 0.5) is 0 Å². The van der Waals surface area contributed by atoms with Crippen molar-refractivity contribution in [2.75, 3.05) is 33.4 Å². The van der Waals surface area contributed by atoms with Crippen LogP contribution < -0.4 is 4.74 Å². The van der Waals surface area contributed by atoms with Gasteiger partial charge in [-0.25, -0.2) is 0 Å². The molecule has 162 valence electrons. The number of nitrogens with zero attached hydrogens (tertiary/aromatic N) is 4. The zero-order valence-corrected chi connectivity index (χ0v) is 18.5. The zero-order chi connectivity index (χ0) is 21.6. The Labute approximate surface area is 186 Å². The number of carbonyl (C=O) groups is 1. The molecular formula is C23H26N4O3S. The first kappa shape index (κ1) is 21.4. The van der Waals surface area contributed by atoms with Crippen molar-refractivity contribution in [3.05, 3.63) is 60.2 Å². The van der Waals surface area contributed by atoms with Gasteiger partial charge in [0.2, 0.25) is 5.91 Å². The molecule has 1 saturated heterocycles. The van der Waals surface area contributed by atoms with Gasteiger partial charge in [-0.3, -0.25) is 4.79 Å². The monoisotopic (exact) mass is 438 g/mol. The third-order valence-corrected chi connectivity index (χ3v) is 6.48. The summed E-state index contributed by atoms with van der Waals surface area (Å²) in [4.78, 5) is 15.3. The maximum Gasteiger partial charge on any atom is 0.240 e. The summed E-state index contributed by atoms with van der Waals surface area (Å²) in [6, 6.07) is 17.6. The number of amides is 1. The minimum atomic E-state index is -0.391. The SMILES string of the molecule is CCn1c(S[C@@H](C(=O)N2CCOCC2)c2ccccc2)nnc1-c1ccc(OC)cc1. The molecule has 0 radical (unpaired) electrons. The number of hydrogen-bond acceptors (Lipinski definition) is 6. The Balaban J connectivity index is 1.64. The fourth-order valence-corrected chi connectivity index (χ4v) is 4.74. The van der Waals surface area contributed by atoms with Crippen molar-refractivity contribution in [1.29, 1.82) is 0 Å². The molecule has 1 amide bonds. The Bertz CT molecular complexity index is 1000. The highest BCUT2D eigenvalue weighted by Crippen LogP contribution is 2.37. The van der Waals surface area contributed by atoms with Gasteiger partial charge in [0.25, 0.3) is 0 Å². The molecule has 0 spiro atoms. The molecule has 2 aromatic carbocycles. The average Bonchev–Trinajstić information content (AvgIpc) is 3.26. The van der Waals surface area contributed by atoms with Crippen molar-refractivity contribution in [2.24, 2.45) is 0 Å². The van der Waals surface area contributed by atoms with Crippen LogP contribution in [-0.2, 0) is 16.1 Å².